The maximum Gasteiger partial charge on any atom is 0.332 e. The number of carbonyl (C=O) groups excluding carboxylic acids is 3. The fraction of sp³-hybridized carbons (Fsp3) is 0.806. The van der Waals surface area contributed by atoms with Gasteiger partial charge in [0.25, 0.3) is 10.2 Å². The van der Waals surface area contributed by atoms with Crippen molar-refractivity contribution < 1.29 is 63.5 Å². The molecule has 17 nitrogen and oxygen atoms in total. The molecule has 0 bridgehead atoms. The molecule has 3 saturated carbocycles. The van der Waals surface area contributed by atoms with Crippen LogP contribution in [0.4, 0.5) is 0 Å². The van der Waals surface area contributed by atoms with Crippen molar-refractivity contribution >= 4 is 23.5 Å². The lowest BCUT2D eigenvalue weighted by atomic mass is 9.46. The van der Waals surface area contributed by atoms with Gasteiger partial charge in [0.05, 0.1) is 32.5 Å². The number of allylic oxidation sites excluding steroid dienone is 1. The van der Waals surface area contributed by atoms with Crippen molar-refractivity contribution in [2.45, 2.75) is 77.7 Å². The summed E-state index contributed by atoms with van der Waals surface area (Å²) in [5, 5.41) is 37.2. The number of hydrogen-bond acceptors (Lipinski definition) is 14. The Labute approximate surface area is 277 Å². The van der Waals surface area contributed by atoms with E-state index in [1.165, 1.54) is 5.57 Å². The van der Waals surface area contributed by atoms with Crippen LogP contribution in [0.25, 0.3) is 0 Å². The highest BCUT2D eigenvalue weighted by Gasteiger charge is 2.62. The average Bonchev–Trinajstić information content (AvgIpc) is 3.36. The number of hydrogen-bond donors (Lipinski definition) is 2. The zero-order valence-corrected chi connectivity index (χ0v) is 27.4. The Morgan fingerprint density at radius 2 is 1.60 bits per heavy atom. The first kappa shape index (κ1) is 38.7. The summed E-state index contributed by atoms with van der Waals surface area (Å²) in [5.74, 6) is -1.11. The number of rotatable bonds is 17. The molecule has 270 valence electrons. The number of ketones is 2. The number of Topliss-reactive ketones (excluding diaryl/α,β-unsaturated/α-hetero) is 1. The van der Waals surface area contributed by atoms with Gasteiger partial charge in [0.15, 0.2) is 11.6 Å². The minimum absolute atomic E-state index is 0.0253. The Hall–Kier alpha value is -3.70. The Bertz CT molecular complexity index is 1210. The van der Waals surface area contributed by atoms with Gasteiger partial charge in [-0.15, -0.1) is 20.2 Å². The van der Waals surface area contributed by atoms with Crippen LogP contribution in [-0.2, 0) is 43.1 Å². The summed E-state index contributed by atoms with van der Waals surface area (Å²) in [4.78, 5) is 74.6. The normalized spacial score (nSPS) is 30.3. The van der Waals surface area contributed by atoms with Gasteiger partial charge < -0.3 is 34.1 Å². The number of carboxylic acids is 1. The number of aliphatic carboxylic acids is 1. The maximum atomic E-state index is 13.2. The van der Waals surface area contributed by atoms with E-state index in [0.717, 1.165) is 32.1 Å². The second kappa shape index (κ2) is 17.6. The lowest BCUT2D eigenvalue weighted by Gasteiger charge is -2.59. The van der Waals surface area contributed by atoms with Crippen LogP contribution in [0, 0.1) is 54.7 Å². The lowest BCUT2D eigenvalue weighted by molar-refractivity contribution is -0.758. The predicted molar refractivity (Wildman–Crippen MR) is 162 cm³/mol. The molecular formula is C31H46N2O15. The van der Waals surface area contributed by atoms with Crippen LogP contribution in [0.15, 0.2) is 11.6 Å². The molecule has 7 unspecified atom stereocenters. The molecule has 4 aliphatic rings. The summed E-state index contributed by atoms with van der Waals surface area (Å²) in [6.07, 6.45) is 6.62. The highest BCUT2D eigenvalue weighted by Crippen LogP contribution is 2.66. The Kier molecular flexibility index (Phi) is 14.2. The van der Waals surface area contributed by atoms with Crippen LogP contribution in [0.3, 0.4) is 0 Å². The zero-order valence-electron chi connectivity index (χ0n) is 27.4. The third-order valence-corrected chi connectivity index (χ3v) is 10.4. The minimum Gasteiger partial charge on any atom is -0.481 e. The van der Waals surface area contributed by atoms with Crippen molar-refractivity contribution in [2.24, 2.45) is 34.5 Å². The third-order valence-electron chi connectivity index (χ3n) is 10.4. The summed E-state index contributed by atoms with van der Waals surface area (Å²) in [7, 11) is 0. The first-order valence-corrected chi connectivity index (χ1v) is 16.2. The van der Waals surface area contributed by atoms with E-state index in [9.17, 15) is 44.5 Å². The van der Waals surface area contributed by atoms with E-state index in [-0.39, 0.29) is 93.3 Å². The summed E-state index contributed by atoms with van der Waals surface area (Å²) < 4.78 is 15.4. The van der Waals surface area contributed by atoms with E-state index in [1.807, 2.05) is 6.08 Å². The van der Waals surface area contributed by atoms with Crippen molar-refractivity contribution in [3.63, 3.8) is 0 Å². The van der Waals surface area contributed by atoms with Gasteiger partial charge in [0.1, 0.15) is 19.8 Å². The Morgan fingerprint density at radius 3 is 2.29 bits per heavy atom. The number of nitrogens with zero attached hydrogens (tertiary/aromatic N) is 2. The second-order valence-corrected chi connectivity index (χ2v) is 13.2. The number of carboxylic acid groups (broad SMARTS) is 1. The van der Waals surface area contributed by atoms with Crippen molar-refractivity contribution in [3.05, 3.63) is 31.9 Å². The number of fused-ring (bicyclic) bond motifs is 5. The number of esters is 1. The Balaban J connectivity index is 0.000000542. The quantitative estimate of drug-likeness (QED) is 0.0966. The number of aliphatic hydroxyl groups is 1. The van der Waals surface area contributed by atoms with E-state index >= 15 is 0 Å². The molecule has 3 fully saturated rings. The van der Waals surface area contributed by atoms with Crippen LogP contribution in [0.5, 0.6) is 0 Å². The van der Waals surface area contributed by atoms with E-state index in [4.69, 9.17) is 19.3 Å². The molecule has 0 saturated heterocycles. The first-order chi connectivity index (χ1) is 22.7. The van der Waals surface area contributed by atoms with E-state index in [2.05, 4.69) is 23.5 Å². The van der Waals surface area contributed by atoms with Crippen LogP contribution >= 0.6 is 0 Å². The van der Waals surface area contributed by atoms with Gasteiger partial charge >= 0.3 is 11.9 Å². The van der Waals surface area contributed by atoms with Crippen molar-refractivity contribution in [1.29, 1.82) is 0 Å². The highest BCUT2D eigenvalue weighted by molar-refractivity contribution is 5.91. The third kappa shape index (κ3) is 10.2. The van der Waals surface area contributed by atoms with Crippen molar-refractivity contribution in [1.82, 2.24) is 0 Å². The highest BCUT2D eigenvalue weighted by atomic mass is 17.0. The monoisotopic (exact) mass is 686 g/mol. The molecular weight excluding hydrogens is 640 g/mol. The molecule has 0 aliphatic heterocycles. The largest absolute Gasteiger partial charge is 0.481 e. The fourth-order valence-corrected chi connectivity index (χ4v) is 8.42. The molecule has 2 N–H and O–H groups in total. The average molecular weight is 687 g/mol. The van der Waals surface area contributed by atoms with Gasteiger partial charge in [-0.2, -0.15) is 0 Å². The SMILES string of the molecule is CC12CCC(=O)C=C1CCC1C2C(O)CC2(C)C(C(=O)COC(=O)COCCOCCO[N+](=O)[O-])CCC12.O=C(O)CCCO[N+](=O)[O-]. The summed E-state index contributed by atoms with van der Waals surface area (Å²) in [5.41, 5.74) is 0.676. The van der Waals surface area contributed by atoms with Crippen LogP contribution in [-0.4, -0.2) is 96.2 Å². The van der Waals surface area contributed by atoms with E-state index in [1.54, 1.807) is 0 Å². The van der Waals surface area contributed by atoms with Gasteiger partial charge in [-0.1, -0.05) is 19.4 Å². The molecule has 4 aliphatic carbocycles. The Morgan fingerprint density at radius 1 is 0.938 bits per heavy atom. The predicted octanol–water partition coefficient (Wildman–Crippen LogP) is 2.52. The topological polar surface area (TPSA) is 241 Å². The fourth-order valence-electron chi connectivity index (χ4n) is 8.42. The van der Waals surface area contributed by atoms with Crippen LogP contribution in [0.1, 0.15) is 71.6 Å². The first-order valence-electron chi connectivity index (χ1n) is 16.2. The molecule has 4 rings (SSSR count). The van der Waals surface area contributed by atoms with E-state index < -0.39 is 28.2 Å². The smallest absolute Gasteiger partial charge is 0.332 e. The molecule has 0 radical (unpaired) electrons. The van der Waals surface area contributed by atoms with Crippen LogP contribution < -0.4 is 0 Å². The zero-order chi connectivity index (χ0) is 35.5. The molecule has 48 heavy (non-hydrogen) atoms. The molecule has 0 amide bonds. The van der Waals surface area contributed by atoms with Gasteiger partial charge in [0.2, 0.25) is 0 Å². The van der Waals surface area contributed by atoms with Crippen molar-refractivity contribution in [3.8, 4) is 0 Å². The summed E-state index contributed by atoms with van der Waals surface area (Å²) >= 11 is 0. The molecule has 0 aromatic rings. The standard InChI is InChI=1S/C27H39NO10.C4H7NO5/c1-26-8-7-18(29)13-17(26)3-4-19-20-5-6-21(27(20,2)14-22(30)25(19)26)23(31)15-37-24(32)16-36-10-9-35-11-12-38-28(33)34;6-4(7)2-1-3-10-5(8)9/h13,19-22,25,30H,3-12,14-16H2,1-2H3;1-3H2,(H,6,7). The number of carbonyl (C=O) groups is 4. The van der Waals surface area contributed by atoms with Gasteiger partial charge in [-0.05, 0) is 79.6 Å². The molecule has 17 heteroatoms. The minimum atomic E-state index is -0.980. The van der Waals surface area contributed by atoms with Gasteiger partial charge in [-0.3, -0.25) is 14.4 Å². The van der Waals surface area contributed by atoms with Gasteiger partial charge in [-0.25, -0.2) is 4.79 Å². The molecule has 0 aromatic carbocycles. The lowest BCUT2D eigenvalue weighted by Crippen LogP contribution is -2.57. The second-order valence-electron chi connectivity index (χ2n) is 13.2. The summed E-state index contributed by atoms with van der Waals surface area (Å²) in [6.45, 7) is 3.59. The van der Waals surface area contributed by atoms with Gasteiger partial charge in [0, 0.05) is 18.8 Å². The van der Waals surface area contributed by atoms with Crippen LogP contribution in [0.2, 0.25) is 0 Å². The van der Waals surface area contributed by atoms with Crippen molar-refractivity contribution in [2.75, 3.05) is 46.2 Å². The maximum absolute atomic E-state index is 13.2. The molecule has 0 aromatic heterocycles. The number of aliphatic hydroxyl groups excluding tert-OH is 1. The molecule has 7 atom stereocenters. The number of ether oxygens (including phenoxy) is 3. The van der Waals surface area contributed by atoms with E-state index in [0.29, 0.717) is 24.7 Å². The summed E-state index contributed by atoms with van der Waals surface area (Å²) in [6, 6.07) is 0. The molecule has 0 spiro atoms. The molecule has 0 heterocycles.